The first-order valence-electron chi connectivity index (χ1n) is 6.53. The maximum atomic E-state index is 12.7. The van der Waals surface area contributed by atoms with Gasteiger partial charge in [0.15, 0.2) is 0 Å². The van der Waals surface area contributed by atoms with Crippen molar-refractivity contribution < 1.29 is 8.42 Å². The van der Waals surface area contributed by atoms with Crippen LogP contribution in [0.5, 0.6) is 0 Å². The fraction of sp³-hybridized carbons (Fsp3) is 0.286. The summed E-state index contributed by atoms with van der Waals surface area (Å²) in [7, 11) is -3.47. The molecule has 0 bridgehead atoms. The lowest BCUT2D eigenvalue weighted by atomic mass is 10.2. The van der Waals surface area contributed by atoms with Crippen molar-refractivity contribution in [3.63, 3.8) is 0 Å². The summed E-state index contributed by atoms with van der Waals surface area (Å²) in [6, 6.07) is 10.7. The van der Waals surface area contributed by atoms with Gasteiger partial charge in [-0.2, -0.15) is 4.31 Å². The average molecular weight is 389 g/mol. The zero-order valence-electron chi connectivity index (χ0n) is 11.6. The van der Waals surface area contributed by atoms with Crippen LogP contribution in [0.4, 0.5) is 5.69 Å². The third kappa shape index (κ3) is 4.06. The van der Waals surface area contributed by atoms with Gasteiger partial charge in [0, 0.05) is 18.8 Å². The van der Waals surface area contributed by atoms with Crippen molar-refractivity contribution >= 4 is 43.0 Å². The molecule has 2 rings (SSSR count). The highest BCUT2D eigenvalue weighted by Crippen LogP contribution is 2.29. The van der Waals surface area contributed by atoms with E-state index in [1.165, 1.54) is 15.6 Å². The molecule has 0 fully saturated rings. The molecule has 2 aromatic rings. The number of sulfonamides is 1. The summed E-state index contributed by atoms with van der Waals surface area (Å²) in [6.07, 6.45) is 0.758. The topological polar surface area (TPSA) is 63.4 Å². The minimum atomic E-state index is -3.47. The van der Waals surface area contributed by atoms with Crippen molar-refractivity contribution in [2.24, 2.45) is 0 Å². The van der Waals surface area contributed by atoms with Gasteiger partial charge in [0.2, 0.25) is 0 Å². The standard InChI is InChI=1S/C14H17BrN2O2S2/c1-2-8-17(10-11-4-3-5-12(16)9-11)21(18,19)14-7-6-13(15)20-14/h3-7,9H,2,8,10,16H2,1H3. The second-order valence-electron chi connectivity index (χ2n) is 4.64. The number of nitrogen functional groups attached to an aromatic ring is 1. The van der Waals surface area contributed by atoms with Gasteiger partial charge in [0.05, 0.1) is 3.79 Å². The molecule has 1 aromatic heterocycles. The molecule has 1 heterocycles. The SMILES string of the molecule is CCCN(Cc1cccc(N)c1)S(=O)(=O)c1ccc(Br)s1. The van der Waals surface area contributed by atoms with E-state index in [0.29, 0.717) is 23.0 Å². The summed E-state index contributed by atoms with van der Waals surface area (Å²) in [5, 5.41) is 0. The molecule has 0 aliphatic rings. The van der Waals surface area contributed by atoms with E-state index in [2.05, 4.69) is 15.9 Å². The van der Waals surface area contributed by atoms with Gasteiger partial charge >= 0.3 is 0 Å². The lowest BCUT2D eigenvalue weighted by molar-refractivity contribution is 0.407. The fourth-order valence-electron chi connectivity index (χ4n) is 1.99. The van der Waals surface area contributed by atoms with Crippen LogP contribution in [-0.4, -0.2) is 19.3 Å². The van der Waals surface area contributed by atoms with Crippen LogP contribution in [0.25, 0.3) is 0 Å². The Balaban J connectivity index is 2.30. The quantitative estimate of drug-likeness (QED) is 0.767. The third-order valence-corrected chi connectivity index (χ3v) is 6.86. The van der Waals surface area contributed by atoms with Crippen LogP contribution in [0.2, 0.25) is 0 Å². The van der Waals surface area contributed by atoms with Gasteiger partial charge in [0.25, 0.3) is 10.0 Å². The van der Waals surface area contributed by atoms with E-state index in [-0.39, 0.29) is 0 Å². The minimum Gasteiger partial charge on any atom is -0.399 e. The molecular weight excluding hydrogens is 372 g/mol. The molecule has 0 aliphatic heterocycles. The molecule has 0 aliphatic carbocycles. The molecular formula is C14H17BrN2O2S2. The van der Waals surface area contributed by atoms with Gasteiger partial charge in [-0.15, -0.1) is 11.3 Å². The molecule has 7 heteroatoms. The molecule has 0 radical (unpaired) electrons. The monoisotopic (exact) mass is 388 g/mol. The number of nitrogens with two attached hydrogens (primary N) is 1. The van der Waals surface area contributed by atoms with Crippen LogP contribution in [-0.2, 0) is 16.6 Å². The maximum Gasteiger partial charge on any atom is 0.252 e. The molecule has 2 N–H and O–H groups in total. The van der Waals surface area contributed by atoms with Crippen molar-refractivity contribution in [3.8, 4) is 0 Å². The second-order valence-corrected chi connectivity index (χ2v) is 9.27. The predicted molar refractivity (Wildman–Crippen MR) is 90.8 cm³/mol. The normalized spacial score (nSPS) is 12.0. The van der Waals surface area contributed by atoms with Crippen molar-refractivity contribution in [3.05, 3.63) is 45.7 Å². The van der Waals surface area contributed by atoms with Gasteiger partial charge in [-0.25, -0.2) is 8.42 Å². The molecule has 21 heavy (non-hydrogen) atoms. The Hall–Kier alpha value is -0.890. The highest BCUT2D eigenvalue weighted by Gasteiger charge is 2.25. The number of thiophene rings is 1. The molecule has 0 spiro atoms. The first kappa shape index (κ1) is 16.5. The Labute approximate surface area is 137 Å². The van der Waals surface area contributed by atoms with E-state index >= 15 is 0 Å². The lowest BCUT2D eigenvalue weighted by Crippen LogP contribution is -2.30. The highest BCUT2D eigenvalue weighted by atomic mass is 79.9. The van der Waals surface area contributed by atoms with Crippen molar-refractivity contribution in [2.45, 2.75) is 24.1 Å². The molecule has 0 atom stereocenters. The Morgan fingerprint density at radius 1 is 1.29 bits per heavy atom. The van der Waals surface area contributed by atoms with Crippen molar-refractivity contribution in [1.82, 2.24) is 4.31 Å². The largest absolute Gasteiger partial charge is 0.399 e. The molecule has 114 valence electrons. The van der Waals surface area contributed by atoms with Crippen molar-refractivity contribution in [2.75, 3.05) is 12.3 Å². The zero-order valence-corrected chi connectivity index (χ0v) is 14.8. The number of anilines is 1. The van der Waals surface area contributed by atoms with E-state index < -0.39 is 10.0 Å². The van der Waals surface area contributed by atoms with E-state index in [1.807, 2.05) is 25.1 Å². The first-order chi connectivity index (χ1) is 9.93. The van der Waals surface area contributed by atoms with Crippen LogP contribution < -0.4 is 5.73 Å². The Morgan fingerprint density at radius 2 is 2.05 bits per heavy atom. The summed E-state index contributed by atoms with van der Waals surface area (Å²) in [5.74, 6) is 0. The van der Waals surface area contributed by atoms with E-state index in [0.717, 1.165) is 15.8 Å². The molecule has 0 saturated heterocycles. The lowest BCUT2D eigenvalue weighted by Gasteiger charge is -2.21. The molecule has 0 unspecified atom stereocenters. The fourth-order valence-corrected chi connectivity index (χ4v) is 5.68. The number of halogens is 1. The van der Waals surface area contributed by atoms with Crippen LogP contribution in [0, 0.1) is 0 Å². The van der Waals surface area contributed by atoms with Crippen LogP contribution in [0.15, 0.2) is 44.4 Å². The highest BCUT2D eigenvalue weighted by molar-refractivity contribution is 9.11. The van der Waals surface area contributed by atoms with E-state index in [1.54, 1.807) is 18.2 Å². The Kier molecular flexibility index (Phi) is 5.43. The summed E-state index contributed by atoms with van der Waals surface area (Å²) in [5.41, 5.74) is 7.29. The van der Waals surface area contributed by atoms with Gasteiger partial charge in [-0.1, -0.05) is 19.1 Å². The number of hydrogen-bond acceptors (Lipinski definition) is 4. The summed E-state index contributed by atoms with van der Waals surface area (Å²) in [6.45, 7) is 2.77. The summed E-state index contributed by atoms with van der Waals surface area (Å²) < 4.78 is 28.1. The predicted octanol–water partition coefficient (Wildman–Crippen LogP) is 3.69. The summed E-state index contributed by atoms with van der Waals surface area (Å²) >= 11 is 4.53. The molecule has 0 amide bonds. The number of rotatable bonds is 6. The van der Waals surface area contributed by atoms with Gasteiger partial charge < -0.3 is 5.73 Å². The number of benzene rings is 1. The van der Waals surface area contributed by atoms with Crippen LogP contribution in [0.1, 0.15) is 18.9 Å². The van der Waals surface area contributed by atoms with Gasteiger partial charge in [0.1, 0.15) is 4.21 Å². The minimum absolute atomic E-state index is 0.330. The second kappa shape index (κ2) is 6.91. The average Bonchev–Trinajstić information content (AvgIpc) is 2.86. The smallest absolute Gasteiger partial charge is 0.252 e. The maximum absolute atomic E-state index is 12.7. The van der Waals surface area contributed by atoms with E-state index in [4.69, 9.17) is 5.73 Å². The van der Waals surface area contributed by atoms with Crippen LogP contribution >= 0.6 is 27.3 Å². The Bertz CT molecular complexity index is 713. The summed E-state index contributed by atoms with van der Waals surface area (Å²) in [4.78, 5) is 0. The first-order valence-corrected chi connectivity index (χ1v) is 9.58. The number of hydrogen-bond donors (Lipinski definition) is 1. The number of nitrogens with zero attached hydrogens (tertiary/aromatic N) is 1. The van der Waals surface area contributed by atoms with Crippen molar-refractivity contribution in [1.29, 1.82) is 0 Å². The van der Waals surface area contributed by atoms with Gasteiger partial charge in [-0.3, -0.25) is 0 Å². The molecule has 1 aromatic carbocycles. The van der Waals surface area contributed by atoms with E-state index in [9.17, 15) is 8.42 Å². The molecule has 4 nitrogen and oxygen atoms in total. The van der Waals surface area contributed by atoms with Gasteiger partial charge in [-0.05, 0) is 52.2 Å². The zero-order chi connectivity index (χ0) is 15.5. The van der Waals surface area contributed by atoms with Crippen LogP contribution in [0.3, 0.4) is 0 Å². The Morgan fingerprint density at radius 3 is 2.62 bits per heavy atom. The molecule has 0 saturated carbocycles. The third-order valence-electron chi connectivity index (χ3n) is 2.93.